The molecule has 2 unspecified atom stereocenters. The molecule has 0 saturated carbocycles. The number of hydrogen-bond donors (Lipinski definition) is 1. The Kier molecular flexibility index (Phi) is 2.07. The van der Waals surface area contributed by atoms with Crippen molar-refractivity contribution in [1.29, 1.82) is 0 Å². The van der Waals surface area contributed by atoms with Gasteiger partial charge in [0.2, 0.25) is 0 Å². The van der Waals surface area contributed by atoms with Crippen LogP contribution >= 0.6 is 0 Å². The fraction of sp³-hybridized carbons (Fsp3) is 0.636. The van der Waals surface area contributed by atoms with Crippen molar-refractivity contribution in [2.24, 2.45) is 5.92 Å². The van der Waals surface area contributed by atoms with Gasteiger partial charge in [0.1, 0.15) is 5.76 Å². The minimum Gasteiger partial charge on any atom is -0.467 e. The second kappa shape index (κ2) is 3.41. The van der Waals surface area contributed by atoms with E-state index in [0.717, 1.165) is 38.4 Å². The maximum atomic E-state index is 5.56. The molecular formula is C11H15NO2. The highest BCUT2D eigenvalue weighted by Gasteiger charge is 2.32. The summed E-state index contributed by atoms with van der Waals surface area (Å²) in [5.74, 6) is 1.74. The van der Waals surface area contributed by atoms with Gasteiger partial charge in [-0.1, -0.05) is 0 Å². The zero-order chi connectivity index (χ0) is 9.38. The minimum absolute atomic E-state index is 0.385. The smallest absolute Gasteiger partial charge is 0.124 e. The second-order valence-corrected chi connectivity index (χ2v) is 4.12. The zero-order valence-corrected chi connectivity index (χ0v) is 8.16. The van der Waals surface area contributed by atoms with Crippen LogP contribution in [0, 0.1) is 5.92 Å². The number of rotatable bonds is 1. The highest BCUT2D eigenvalue weighted by Crippen LogP contribution is 2.33. The number of fused-ring (bicyclic) bond motifs is 1. The lowest BCUT2D eigenvalue weighted by Gasteiger charge is -2.26. The molecule has 1 aromatic rings. The molecule has 3 heterocycles. The van der Waals surface area contributed by atoms with Crippen LogP contribution in [-0.4, -0.2) is 19.8 Å². The number of nitrogens with one attached hydrogen (secondary N) is 1. The lowest BCUT2D eigenvalue weighted by molar-refractivity contribution is 0.171. The summed E-state index contributed by atoms with van der Waals surface area (Å²) in [6.07, 6.45) is 4.05. The van der Waals surface area contributed by atoms with E-state index in [1.807, 2.05) is 0 Å². The predicted octanol–water partition coefficient (Wildman–Crippen LogP) is 1.50. The fourth-order valence-corrected chi connectivity index (χ4v) is 2.48. The van der Waals surface area contributed by atoms with Gasteiger partial charge in [-0.05, 0) is 31.0 Å². The van der Waals surface area contributed by atoms with Crippen LogP contribution in [-0.2, 0) is 11.2 Å². The van der Waals surface area contributed by atoms with Crippen LogP contribution in [0.15, 0.2) is 16.7 Å². The van der Waals surface area contributed by atoms with Gasteiger partial charge in [0.15, 0.2) is 0 Å². The molecule has 0 radical (unpaired) electrons. The summed E-state index contributed by atoms with van der Waals surface area (Å²) >= 11 is 0. The molecule has 0 aliphatic carbocycles. The molecule has 3 rings (SSSR count). The quantitative estimate of drug-likeness (QED) is 0.734. The molecule has 76 valence electrons. The van der Waals surface area contributed by atoms with Crippen LogP contribution in [0.1, 0.15) is 23.8 Å². The Labute approximate surface area is 83.4 Å². The van der Waals surface area contributed by atoms with E-state index in [1.54, 1.807) is 6.26 Å². The van der Waals surface area contributed by atoms with Gasteiger partial charge in [-0.3, -0.25) is 0 Å². The third-order valence-corrected chi connectivity index (χ3v) is 3.26. The Balaban J connectivity index is 1.88. The van der Waals surface area contributed by atoms with Gasteiger partial charge in [0.05, 0.1) is 18.9 Å². The van der Waals surface area contributed by atoms with Gasteiger partial charge in [0, 0.05) is 12.5 Å². The second-order valence-electron chi connectivity index (χ2n) is 4.12. The number of furan rings is 1. The van der Waals surface area contributed by atoms with Gasteiger partial charge in [-0.2, -0.15) is 0 Å². The molecule has 1 aromatic heterocycles. The normalized spacial score (nSPS) is 31.7. The van der Waals surface area contributed by atoms with E-state index < -0.39 is 0 Å². The van der Waals surface area contributed by atoms with Crippen molar-refractivity contribution in [3.63, 3.8) is 0 Å². The molecule has 14 heavy (non-hydrogen) atoms. The third kappa shape index (κ3) is 1.28. The standard InChI is InChI=1S/C11H15NO2/c1-4-12-10(9-2-5-13-7-9)11-8(1)3-6-14-11/h3,6,9-10,12H,1-2,4-5,7H2. The fourth-order valence-electron chi connectivity index (χ4n) is 2.48. The minimum atomic E-state index is 0.385. The predicted molar refractivity (Wildman–Crippen MR) is 52.1 cm³/mol. The van der Waals surface area contributed by atoms with E-state index in [4.69, 9.17) is 9.15 Å². The zero-order valence-electron chi connectivity index (χ0n) is 8.16. The lowest BCUT2D eigenvalue weighted by atomic mass is 9.91. The van der Waals surface area contributed by atoms with E-state index in [9.17, 15) is 0 Å². The van der Waals surface area contributed by atoms with Crippen molar-refractivity contribution in [2.45, 2.75) is 18.9 Å². The van der Waals surface area contributed by atoms with Crippen molar-refractivity contribution < 1.29 is 9.15 Å². The van der Waals surface area contributed by atoms with Gasteiger partial charge in [-0.15, -0.1) is 0 Å². The number of hydrogen-bond acceptors (Lipinski definition) is 3. The molecule has 0 amide bonds. The topological polar surface area (TPSA) is 34.4 Å². The van der Waals surface area contributed by atoms with Crippen molar-refractivity contribution in [3.05, 3.63) is 23.7 Å². The van der Waals surface area contributed by atoms with Gasteiger partial charge in [-0.25, -0.2) is 0 Å². The first-order valence-corrected chi connectivity index (χ1v) is 5.32. The van der Waals surface area contributed by atoms with Crippen LogP contribution in [0.3, 0.4) is 0 Å². The molecule has 2 aliphatic heterocycles. The Morgan fingerprint density at radius 3 is 3.29 bits per heavy atom. The summed E-state index contributed by atoms with van der Waals surface area (Å²) in [6, 6.07) is 2.48. The van der Waals surface area contributed by atoms with Crippen LogP contribution in [0.5, 0.6) is 0 Å². The highest BCUT2D eigenvalue weighted by molar-refractivity contribution is 5.24. The molecule has 0 bridgehead atoms. The molecular weight excluding hydrogens is 178 g/mol. The summed E-state index contributed by atoms with van der Waals surface area (Å²) in [7, 11) is 0. The van der Waals surface area contributed by atoms with Crippen molar-refractivity contribution in [2.75, 3.05) is 19.8 Å². The lowest BCUT2D eigenvalue weighted by Crippen LogP contribution is -2.34. The molecule has 0 spiro atoms. The summed E-state index contributed by atoms with van der Waals surface area (Å²) < 4.78 is 11.0. The van der Waals surface area contributed by atoms with Crippen molar-refractivity contribution in [1.82, 2.24) is 5.32 Å². The monoisotopic (exact) mass is 193 g/mol. The molecule has 3 nitrogen and oxygen atoms in total. The summed E-state index contributed by atoms with van der Waals surface area (Å²) in [6.45, 7) is 2.84. The average Bonchev–Trinajstić information content (AvgIpc) is 2.88. The first kappa shape index (κ1) is 8.50. The molecule has 1 N–H and O–H groups in total. The molecule has 3 heteroatoms. The third-order valence-electron chi connectivity index (χ3n) is 3.26. The number of ether oxygens (including phenoxy) is 1. The highest BCUT2D eigenvalue weighted by atomic mass is 16.5. The van der Waals surface area contributed by atoms with Crippen LogP contribution in [0.2, 0.25) is 0 Å². The molecule has 1 fully saturated rings. The maximum absolute atomic E-state index is 5.56. The van der Waals surface area contributed by atoms with E-state index in [-0.39, 0.29) is 0 Å². The Morgan fingerprint density at radius 2 is 2.43 bits per heavy atom. The van der Waals surface area contributed by atoms with Gasteiger partial charge in [0.25, 0.3) is 0 Å². The Morgan fingerprint density at radius 1 is 1.43 bits per heavy atom. The van der Waals surface area contributed by atoms with E-state index in [1.165, 1.54) is 5.56 Å². The van der Waals surface area contributed by atoms with Gasteiger partial charge < -0.3 is 14.5 Å². The summed E-state index contributed by atoms with van der Waals surface area (Å²) in [5, 5.41) is 3.53. The summed E-state index contributed by atoms with van der Waals surface area (Å²) in [4.78, 5) is 0. The van der Waals surface area contributed by atoms with Crippen LogP contribution < -0.4 is 5.32 Å². The average molecular weight is 193 g/mol. The molecule has 2 aliphatic rings. The molecule has 1 saturated heterocycles. The van der Waals surface area contributed by atoms with Crippen LogP contribution in [0.4, 0.5) is 0 Å². The molecule has 0 aromatic carbocycles. The Bertz CT molecular complexity index is 315. The van der Waals surface area contributed by atoms with E-state index >= 15 is 0 Å². The SMILES string of the molecule is c1cc2c(o1)C(C1CCOC1)NCC2. The Hall–Kier alpha value is -0.800. The van der Waals surface area contributed by atoms with E-state index in [2.05, 4.69) is 11.4 Å². The maximum Gasteiger partial charge on any atom is 0.124 e. The van der Waals surface area contributed by atoms with Crippen molar-refractivity contribution in [3.8, 4) is 0 Å². The molecule has 2 atom stereocenters. The first-order valence-electron chi connectivity index (χ1n) is 5.32. The largest absolute Gasteiger partial charge is 0.467 e. The van der Waals surface area contributed by atoms with Gasteiger partial charge >= 0.3 is 0 Å². The summed E-state index contributed by atoms with van der Waals surface area (Å²) in [5.41, 5.74) is 1.38. The first-order chi connectivity index (χ1) is 6.95. The van der Waals surface area contributed by atoms with Crippen molar-refractivity contribution >= 4 is 0 Å². The van der Waals surface area contributed by atoms with E-state index in [0.29, 0.717) is 12.0 Å². The van der Waals surface area contributed by atoms with Crippen LogP contribution in [0.25, 0.3) is 0 Å².